The molecule has 0 saturated carbocycles. The molecule has 0 aromatic carbocycles. The van der Waals surface area contributed by atoms with Crippen LogP contribution in [0.5, 0.6) is 5.88 Å². The van der Waals surface area contributed by atoms with Crippen molar-refractivity contribution in [1.29, 1.82) is 0 Å². The molecule has 16 heavy (non-hydrogen) atoms. The molecule has 1 heterocycles. The minimum absolute atomic E-state index is 0.512. The molecule has 1 aromatic rings. The molecule has 0 atom stereocenters. The van der Waals surface area contributed by atoms with E-state index in [0.29, 0.717) is 25.6 Å². The first-order valence-electron chi connectivity index (χ1n) is 5.53. The number of nitrogens with zero attached hydrogens (tertiary/aromatic N) is 2. The molecule has 0 amide bonds. The topological polar surface area (TPSA) is 56.3 Å². The van der Waals surface area contributed by atoms with Crippen LogP contribution in [0.4, 0.5) is 0 Å². The lowest BCUT2D eigenvalue weighted by molar-refractivity contribution is 0.0988. The average Bonchev–Trinajstić information content (AvgIpc) is 2.30. The van der Waals surface area contributed by atoms with Gasteiger partial charge in [-0.2, -0.15) is 0 Å². The standard InChI is InChI=1S/C11H19N3O2/c1-3-4-15-5-6-16-11-9-13-8-10(14-11)7-12-2/h8-9,12H,3-7H2,1-2H3. The van der Waals surface area contributed by atoms with Crippen LogP contribution in [0.1, 0.15) is 19.0 Å². The summed E-state index contributed by atoms with van der Waals surface area (Å²) >= 11 is 0. The molecule has 0 aliphatic heterocycles. The molecule has 1 rings (SSSR count). The molecular weight excluding hydrogens is 206 g/mol. The highest BCUT2D eigenvalue weighted by atomic mass is 16.5. The molecule has 5 nitrogen and oxygen atoms in total. The van der Waals surface area contributed by atoms with Crippen LogP contribution in [0.15, 0.2) is 12.4 Å². The number of ether oxygens (including phenoxy) is 2. The average molecular weight is 225 g/mol. The van der Waals surface area contributed by atoms with E-state index < -0.39 is 0 Å². The van der Waals surface area contributed by atoms with Crippen molar-refractivity contribution in [1.82, 2.24) is 15.3 Å². The second-order valence-electron chi connectivity index (χ2n) is 3.34. The van der Waals surface area contributed by atoms with Crippen molar-refractivity contribution in [2.24, 2.45) is 0 Å². The van der Waals surface area contributed by atoms with Gasteiger partial charge in [-0.1, -0.05) is 6.92 Å². The van der Waals surface area contributed by atoms with Gasteiger partial charge in [0.2, 0.25) is 5.88 Å². The van der Waals surface area contributed by atoms with Gasteiger partial charge in [0.25, 0.3) is 0 Å². The van der Waals surface area contributed by atoms with Crippen molar-refractivity contribution in [3.8, 4) is 5.88 Å². The van der Waals surface area contributed by atoms with Crippen LogP contribution < -0.4 is 10.1 Å². The summed E-state index contributed by atoms with van der Waals surface area (Å²) in [5.41, 5.74) is 0.870. The van der Waals surface area contributed by atoms with Gasteiger partial charge in [0.1, 0.15) is 6.61 Å². The summed E-state index contributed by atoms with van der Waals surface area (Å²) in [6.45, 7) is 4.64. The van der Waals surface area contributed by atoms with E-state index in [4.69, 9.17) is 9.47 Å². The monoisotopic (exact) mass is 225 g/mol. The Hall–Kier alpha value is -1.20. The van der Waals surface area contributed by atoms with E-state index in [1.165, 1.54) is 0 Å². The van der Waals surface area contributed by atoms with E-state index in [2.05, 4.69) is 22.2 Å². The van der Waals surface area contributed by atoms with Gasteiger partial charge in [-0.05, 0) is 13.5 Å². The van der Waals surface area contributed by atoms with Gasteiger partial charge >= 0.3 is 0 Å². The quantitative estimate of drug-likeness (QED) is 0.669. The normalized spacial score (nSPS) is 10.4. The fourth-order valence-electron chi connectivity index (χ4n) is 1.17. The molecule has 0 aliphatic carbocycles. The third-order valence-electron chi connectivity index (χ3n) is 1.85. The highest BCUT2D eigenvalue weighted by Gasteiger charge is 1.98. The zero-order valence-corrected chi connectivity index (χ0v) is 9.90. The maximum Gasteiger partial charge on any atom is 0.232 e. The van der Waals surface area contributed by atoms with Gasteiger partial charge in [0.05, 0.1) is 18.5 Å². The second kappa shape index (κ2) is 8.01. The molecule has 0 spiro atoms. The molecule has 90 valence electrons. The van der Waals surface area contributed by atoms with E-state index in [1.54, 1.807) is 12.4 Å². The fraction of sp³-hybridized carbons (Fsp3) is 0.636. The molecule has 0 fully saturated rings. The molecule has 0 aliphatic rings. The summed E-state index contributed by atoms with van der Waals surface area (Å²) in [4.78, 5) is 8.33. The summed E-state index contributed by atoms with van der Waals surface area (Å²) in [5.74, 6) is 0.549. The summed E-state index contributed by atoms with van der Waals surface area (Å²) in [6, 6.07) is 0. The van der Waals surface area contributed by atoms with Crippen molar-refractivity contribution in [2.45, 2.75) is 19.9 Å². The number of hydrogen-bond acceptors (Lipinski definition) is 5. The Morgan fingerprint density at radius 2 is 2.12 bits per heavy atom. The Morgan fingerprint density at radius 1 is 1.25 bits per heavy atom. The van der Waals surface area contributed by atoms with Crippen molar-refractivity contribution < 1.29 is 9.47 Å². The van der Waals surface area contributed by atoms with Gasteiger partial charge in [-0.3, -0.25) is 4.98 Å². The predicted octanol–water partition coefficient (Wildman–Crippen LogP) is 1.00. The number of nitrogens with one attached hydrogen (secondary N) is 1. The summed E-state index contributed by atoms with van der Waals surface area (Å²) in [6.07, 6.45) is 4.35. The molecule has 1 N–H and O–H groups in total. The molecule has 0 saturated heterocycles. The van der Waals surface area contributed by atoms with Gasteiger partial charge in [-0.25, -0.2) is 4.98 Å². The molecule has 1 aromatic heterocycles. The predicted molar refractivity (Wildman–Crippen MR) is 61.4 cm³/mol. The third-order valence-corrected chi connectivity index (χ3v) is 1.85. The highest BCUT2D eigenvalue weighted by molar-refractivity contribution is 5.08. The molecule has 0 radical (unpaired) electrons. The van der Waals surface area contributed by atoms with Crippen LogP contribution >= 0.6 is 0 Å². The van der Waals surface area contributed by atoms with E-state index in [-0.39, 0.29) is 0 Å². The maximum atomic E-state index is 5.41. The van der Waals surface area contributed by atoms with Crippen LogP contribution in [-0.4, -0.2) is 36.8 Å². The number of rotatable bonds is 8. The Kier molecular flexibility index (Phi) is 6.44. The smallest absolute Gasteiger partial charge is 0.232 e. The SMILES string of the molecule is CCCOCCOc1cncc(CNC)n1. The lowest BCUT2D eigenvalue weighted by atomic mass is 10.4. The third kappa shape index (κ3) is 5.04. The van der Waals surface area contributed by atoms with Crippen molar-refractivity contribution in [3.63, 3.8) is 0 Å². The molecular formula is C11H19N3O2. The van der Waals surface area contributed by atoms with E-state index in [0.717, 1.165) is 18.7 Å². The zero-order chi connectivity index (χ0) is 11.6. The highest BCUT2D eigenvalue weighted by Crippen LogP contribution is 2.04. The van der Waals surface area contributed by atoms with Gasteiger partial charge in [0, 0.05) is 19.3 Å². The minimum atomic E-state index is 0.512. The van der Waals surface area contributed by atoms with E-state index >= 15 is 0 Å². The largest absolute Gasteiger partial charge is 0.474 e. The van der Waals surface area contributed by atoms with Crippen LogP contribution in [-0.2, 0) is 11.3 Å². The number of aromatic nitrogens is 2. The fourth-order valence-corrected chi connectivity index (χ4v) is 1.17. The summed E-state index contributed by atoms with van der Waals surface area (Å²) in [5, 5.41) is 3.01. The summed E-state index contributed by atoms with van der Waals surface area (Å²) < 4.78 is 10.7. The first-order valence-corrected chi connectivity index (χ1v) is 5.53. The molecule has 0 bridgehead atoms. The van der Waals surface area contributed by atoms with Gasteiger partial charge < -0.3 is 14.8 Å². The van der Waals surface area contributed by atoms with Gasteiger partial charge in [0.15, 0.2) is 0 Å². The lowest BCUT2D eigenvalue weighted by Crippen LogP contribution is -2.11. The second-order valence-corrected chi connectivity index (χ2v) is 3.34. The number of hydrogen-bond donors (Lipinski definition) is 1. The van der Waals surface area contributed by atoms with Crippen molar-refractivity contribution >= 4 is 0 Å². The Bertz CT molecular complexity index is 294. The van der Waals surface area contributed by atoms with Crippen LogP contribution in [0.25, 0.3) is 0 Å². The maximum absolute atomic E-state index is 5.41. The van der Waals surface area contributed by atoms with E-state index in [9.17, 15) is 0 Å². The van der Waals surface area contributed by atoms with Crippen LogP contribution in [0.2, 0.25) is 0 Å². The van der Waals surface area contributed by atoms with Crippen LogP contribution in [0, 0.1) is 0 Å². The lowest BCUT2D eigenvalue weighted by Gasteiger charge is -2.06. The van der Waals surface area contributed by atoms with Gasteiger partial charge in [-0.15, -0.1) is 0 Å². The zero-order valence-electron chi connectivity index (χ0n) is 9.90. The minimum Gasteiger partial charge on any atom is -0.474 e. The summed E-state index contributed by atoms with van der Waals surface area (Å²) in [7, 11) is 1.87. The molecule has 5 heteroatoms. The first kappa shape index (κ1) is 12.9. The van der Waals surface area contributed by atoms with Crippen molar-refractivity contribution in [3.05, 3.63) is 18.1 Å². The molecule has 0 unspecified atom stereocenters. The Balaban J connectivity index is 2.27. The van der Waals surface area contributed by atoms with Crippen molar-refractivity contribution in [2.75, 3.05) is 26.9 Å². The van der Waals surface area contributed by atoms with E-state index in [1.807, 2.05) is 7.05 Å². The Labute approximate surface area is 96.2 Å². The Morgan fingerprint density at radius 3 is 2.88 bits per heavy atom. The van der Waals surface area contributed by atoms with Crippen LogP contribution in [0.3, 0.4) is 0 Å². The first-order chi connectivity index (χ1) is 7.86.